The van der Waals surface area contributed by atoms with Crippen molar-refractivity contribution in [2.75, 3.05) is 26.4 Å². The molecule has 4 aromatic rings. The zero-order valence-corrected chi connectivity index (χ0v) is 54.0. The van der Waals surface area contributed by atoms with Gasteiger partial charge in [0.25, 0.3) is 0 Å². The van der Waals surface area contributed by atoms with Crippen LogP contribution >= 0.6 is 0 Å². The molecule has 6 nitrogen and oxygen atoms in total. The molecule has 0 unspecified atom stereocenters. The highest BCUT2D eigenvalue weighted by Crippen LogP contribution is 2.32. The first kappa shape index (κ1) is 71.4. The topological polar surface area (TPSA) is 71.1 Å². The van der Waals surface area contributed by atoms with Gasteiger partial charge in [0.15, 0.2) is 23.0 Å². The molecule has 466 valence electrons. The molecule has 0 aliphatic carbocycles. The van der Waals surface area contributed by atoms with Crippen molar-refractivity contribution in [3.05, 3.63) is 118 Å². The molecular formula is C78H118O6. The van der Waals surface area contributed by atoms with Crippen molar-refractivity contribution in [2.24, 2.45) is 0 Å². The van der Waals surface area contributed by atoms with Crippen molar-refractivity contribution in [1.82, 2.24) is 0 Å². The molecule has 4 rings (SSSR count). The molecule has 0 radical (unpaired) electrons. The average Bonchev–Trinajstić information content (AvgIpc) is 3.73. The summed E-state index contributed by atoms with van der Waals surface area (Å²) in [5.74, 6) is 2.17. The third kappa shape index (κ3) is 33.6. The van der Waals surface area contributed by atoms with Gasteiger partial charge in [0.1, 0.15) is 0 Å². The first-order valence-corrected chi connectivity index (χ1v) is 34.9. The lowest BCUT2D eigenvalue weighted by molar-refractivity contribution is 0.0817. The van der Waals surface area contributed by atoms with Gasteiger partial charge in [-0.2, -0.15) is 0 Å². The van der Waals surface area contributed by atoms with Crippen LogP contribution in [0.1, 0.15) is 327 Å². The Bertz CT molecular complexity index is 2150. The lowest BCUT2D eigenvalue weighted by Gasteiger charge is -2.14. The van der Waals surface area contributed by atoms with Crippen molar-refractivity contribution in [2.45, 2.75) is 285 Å². The smallest absolute Gasteiger partial charge is 0.233 e. The van der Waals surface area contributed by atoms with Crippen LogP contribution < -0.4 is 18.9 Å². The van der Waals surface area contributed by atoms with E-state index in [0.29, 0.717) is 37.6 Å². The Hall–Kier alpha value is -5.10. The van der Waals surface area contributed by atoms with Crippen molar-refractivity contribution in [1.29, 1.82) is 0 Å². The lowest BCUT2D eigenvalue weighted by Crippen LogP contribution is -2.14. The maximum Gasteiger partial charge on any atom is 0.233 e. The van der Waals surface area contributed by atoms with Gasteiger partial charge in [-0.05, 0) is 72.2 Å². The summed E-state index contributed by atoms with van der Waals surface area (Å²) in [7, 11) is 0. The van der Waals surface area contributed by atoms with Gasteiger partial charge in [-0.15, -0.1) is 0 Å². The third-order valence-electron chi connectivity index (χ3n) is 16.4. The summed E-state index contributed by atoms with van der Waals surface area (Å²) in [6, 6.07) is 26.9. The summed E-state index contributed by atoms with van der Waals surface area (Å²) in [5.41, 5.74) is 4.63. The van der Waals surface area contributed by atoms with Crippen LogP contribution in [0.25, 0.3) is 24.3 Å². The first-order valence-electron chi connectivity index (χ1n) is 34.9. The Labute approximate surface area is 514 Å². The molecule has 0 spiro atoms. The molecule has 0 amide bonds. The normalized spacial score (nSPS) is 11.5. The number of Topliss-reactive ketones (excluding diaryl/α,β-unsaturated/α-hetero) is 2. The molecule has 0 atom stereocenters. The van der Waals surface area contributed by atoms with Crippen LogP contribution in [-0.2, 0) is 0 Å². The average molecular weight is 1150 g/mol. The second-order valence-corrected chi connectivity index (χ2v) is 24.1. The summed E-state index contributed by atoms with van der Waals surface area (Å²) in [6.07, 6.45) is 59.9. The molecule has 6 heteroatoms. The third-order valence-corrected chi connectivity index (χ3v) is 16.4. The minimum atomic E-state index is -0.521. The van der Waals surface area contributed by atoms with Crippen LogP contribution in [0.4, 0.5) is 0 Å². The fraction of sp³-hybridized carbons (Fsp3) is 0.615. The number of carbonyl (C=O) groups excluding carboxylic acids is 2. The van der Waals surface area contributed by atoms with Gasteiger partial charge in [0.05, 0.1) is 26.4 Å². The summed E-state index contributed by atoms with van der Waals surface area (Å²) in [6.45, 7) is 11.8. The molecule has 0 bridgehead atoms. The molecule has 0 aliphatic heterocycles. The van der Waals surface area contributed by atoms with Crippen molar-refractivity contribution < 1.29 is 28.5 Å². The maximum absolute atomic E-state index is 13.5. The summed E-state index contributed by atoms with van der Waals surface area (Å²) in [5, 5.41) is 0. The van der Waals surface area contributed by atoms with Crippen LogP contribution in [0.2, 0.25) is 0 Å². The number of unbranched alkanes of at least 4 members (excludes halogenated alkanes) is 36. The number of carbonyl (C=O) groups is 2. The van der Waals surface area contributed by atoms with Crippen LogP contribution in [0.3, 0.4) is 0 Å². The molecule has 84 heavy (non-hydrogen) atoms. The SMILES string of the molecule is CCCCCCCCCCCCOc1ccc(/C=C/c2ccc(C(=O)C(=O)c3ccc(/C=C/c4ccc(OCCCCCCCCCCCC)c(OCCCCCCCCCCCC)c4)cc3)cc2)cc1OCCCCCCCCCCCC. The highest BCUT2D eigenvalue weighted by Gasteiger charge is 2.18. The number of ketones is 2. The van der Waals surface area contributed by atoms with E-state index in [1.807, 2.05) is 48.6 Å². The van der Waals surface area contributed by atoms with Crippen molar-refractivity contribution in [3.8, 4) is 23.0 Å². The summed E-state index contributed by atoms with van der Waals surface area (Å²) >= 11 is 0. The molecule has 0 saturated heterocycles. The second-order valence-electron chi connectivity index (χ2n) is 24.1. The maximum atomic E-state index is 13.5. The highest BCUT2D eigenvalue weighted by atomic mass is 16.5. The van der Waals surface area contributed by atoms with E-state index in [4.69, 9.17) is 18.9 Å². The monoisotopic (exact) mass is 1150 g/mol. The van der Waals surface area contributed by atoms with E-state index < -0.39 is 11.6 Å². The van der Waals surface area contributed by atoms with E-state index >= 15 is 0 Å². The van der Waals surface area contributed by atoms with E-state index in [-0.39, 0.29) is 0 Å². The Morgan fingerprint density at radius 3 is 0.702 bits per heavy atom. The molecule has 0 fully saturated rings. The predicted octanol–water partition coefficient (Wildman–Crippen LogP) is 24.3. The van der Waals surface area contributed by atoms with E-state index in [2.05, 4.69) is 64.1 Å². The quantitative estimate of drug-likeness (QED) is 0.0190. The predicted molar refractivity (Wildman–Crippen MR) is 362 cm³/mol. The minimum absolute atomic E-state index is 0.370. The van der Waals surface area contributed by atoms with Crippen molar-refractivity contribution in [3.63, 3.8) is 0 Å². The summed E-state index contributed by atoms with van der Waals surface area (Å²) in [4.78, 5) is 27.0. The van der Waals surface area contributed by atoms with Gasteiger partial charge in [0, 0.05) is 11.1 Å². The van der Waals surface area contributed by atoms with Gasteiger partial charge in [0.2, 0.25) is 11.6 Å². The fourth-order valence-corrected chi connectivity index (χ4v) is 10.9. The zero-order valence-electron chi connectivity index (χ0n) is 54.0. The Morgan fingerprint density at radius 1 is 0.250 bits per heavy atom. The summed E-state index contributed by atoms with van der Waals surface area (Å²) < 4.78 is 25.5. The first-order chi connectivity index (χ1) is 41.4. The number of hydrogen-bond donors (Lipinski definition) is 0. The standard InChI is InChI=1S/C78H118O6/c1-5-9-13-17-21-25-29-33-37-41-61-81-73-59-53-69(65-75(73)83-63-43-39-35-31-27-23-19-15-11-7-3)47-45-67-49-55-71(56-50-67)77(79)78(80)72-57-51-68(52-58-72)46-48-70-54-60-74(82-62-42-38-34-30-26-22-18-14-10-6-2)76(66-70)84-64-44-40-36-32-28-24-20-16-12-8-4/h45-60,65-66H,5-44,61-64H2,1-4H3/b47-45+,48-46+. The number of hydrogen-bond acceptors (Lipinski definition) is 6. The zero-order chi connectivity index (χ0) is 59.6. The molecule has 4 aromatic carbocycles. The van der Waals surface area contributed by atoms with Crippen molar-refractivity contribution >= 4 is 35.9 Å². The van der Waals surface area contributed by atoms with E-state index in [1.165, 1.54) is 231 Å². The number of ether oxygens (including phenoxy) is 4. The van der Waals surface area contributed by atoms with Gasteiger partial charge in [-0.25, -0.2) is 0 Å². The van der Waals surface area contributed by atoms with Gasteiger partial charge < -0.3 is 18.9 Å². The largest absolute Gasteiger partial charge is 0.490 e. The molecule has 0 heterocycles. The van der Waals surface area contributed by atoms with Gasteiger partial charge in [-0.1, -0.05) is 344 Å². The van der Waals surface area contributed by atoms with Crippen LogP contribution in [0, 0.1) is 0 Å². The van der Waals surface area contributed by atoms with Crippen LogP contribution in [0.15, 0.2) is 84.9 Å². The second kappa shape index (κ2) is 49.1. The minimum Gasteiger partial charge on any atom is -0.490 e. The van der Waals surface area contributed by atoms with E-state index in [1.54, 1.807) is 24.3 Å². The van der Waals surface area contributed by atoms with Crippen LogP contribution in [-0.4, -0.2) is 38.0 Å². The Balaban J connectivity index is 1.29. The lowest BCUT2D eigenvalue weighted by atomic mass is 9.99. The van der Waals surface area contributed by atoms with E-state index in [9.17, 15) is 9.59 Å². The Kier molecular flexibility index (Phi) is 41.7. The van der Waals surface area contributed by atoms with Gasteiger partial charge >= 0.3 is 0 Å². The molecule has 0 aromatic heterocycles. The number of rotatable bonds is 55. The molecule has 0 saturated carbocycles. The molecular weight excluding hydrogens is 1030 g/mol. The van der Waals surface area contributed by atoms with Gasteiger partial charge in [-0.3, -0.25) is 9.59 Å². The highest BCUT2D eigenvalue weighted by molar-refractivity contribution is 6.49. The molecule has 0 aliphatic rings. The van der Waals surface area contributed by atoms with Crippen LogP contribution in [0.5, 0.6) is 23.0 Å². The fourth-order valence-electron chi connectivity index (χ4n) is 10.9. The Morgan fingerprint density at radius 2 is 0.452 bits per heavy atom. The number of benzene rings is 4. The van der Waals surface area contributed by atoms with E-state index in [0.717, 1.165) is 70.9 Å². The molecule has 0 N–H and O–H groups in total.